The summed E-state index contributed by atoms with van der Waals surface area (Å²) in [7, 11) is 0. The van der Waals surface area contributed by atoms with Crippen LogP contribution in [0.5, 0.6) is 0 Å². The van der Waals surface area contributed by atoms with E-state index in [2.05, 4.69) is 36.5 Å². The molecule has 1 heterocycles. The minimum absolute atomic E-state index is 0.725. The lowest BCUT2D eigenvalue weighted by atomic mass is 9.86. The van der Waals surface area contributed by atoms with Gasteiger partial charge < -0.3 is 5.32 Å². The van der Waals surface area contributed by atoms with Gasteiger partial charge in [0.05, 0.1) is 15.2 Å². The van der Waals surface area contributed by atoms with Gasteiger partial charge in [-0.1, -0.05) is 31.9 Å². The van der Waals surface area contributed by atoms with E-state index < -0.39 is 0 Å². The summed E-state index contributed by atoms with van der Waals surface area (Å²) in [6.07, 6.45) is 6.60. The van der Waals surface area contributed by atoms with Crippen LogP contribution in [0.15, 0.2) is 24.3 Å². The highest BCUT2D eigenvalue weighted by molar-refractivity contribution is 7.18. The molecule has 0 bridgehead atoms. The van der Waals surface area contributed by atoms with Crippen LogP contribution in [0, 0.1) is 5.92 Å². The lowest BCUT2D eigenvalue weighted by Crippen LogP contribution is -2.38. The van der Waals surface area contributed by atoms with E-state index in [1.54, 1.807) is 0 Å². The summed E-state index contributed by atoms with van der Waals surface area (Å²) in [6.45, 7) is 3.45. The first-order chi connectivity index (χ1) is 9.33. The van der Waals surface area contributed by atoms with Crippen molar-refractivity contribution in [2.75, 3.05) is 6.54 Å². The monoisotopic (exact) mass is 274 g/mol. The van der Waals surface area contributed by atoms with Gasteiger partial charge in [-0.05, 0) is 30.9 Å². The SMILES string of the molecule is CC1CCCCC1NCCc1nc2ccccc2s1. The number of rotatable bonds is 4. The standard InChI is InChI=1S/C16H22N2S/c1-12-6-2-3-7-13(12)17-11-10-16-18-14-8-4-5-9-15(14)19-16/h4-5,8-9,12-13,17H,2-3,6-7,10-11H2,1H3. The average Bonchev–Trinajstić information content (AvgIpc) is 2.83. The van der Waals surface area contributed by atoms with Crippen molar-refractivity contribution in [1.82, 2.24) is 10.3 Å². The van der Waals surface area contributed by atoms with Crippen LogP contribution in [-0.2, 0) is 6.42 Å². The van der Waals surface area contributed by atoms with Crippen LogP contribution in [0.4, 0.5) is 0 Å². The Labute approximate surface area is 119 Å². The normalized spacial score (nSPS) is 23.8. The summed E-state index contributed by atoms with van der Waals surface area (Å²) >= 11 is 1.83. The number of nitrogens with zero attached hydrogens (tertiary/aromatic N) is 1. The molecular weight excluding hydrogens is 252 g/mol. The van der Waals surface area contributed by atoms with E-state index in [0.717, 1.165) is 30.4 Å². The summed E-state index contributed by atoms with van der Waals surface area (Å²) < 4.78 is 1.31. The Morgan fingerprint density at radius 1 is 1.26 bits per heavy atom. The molecule has 2 unspecified atom stereocenters. The zero-order valence-electron chi connectivity index (χ0n) is 11.6. The molecule has 1 aromatic carbocycles. The van der Waals surface area contributed by atoms with Crippen molar-refractivity contribution < 1.29 is 0 Å². The Balaban J connectivity index is 1.54. The molecule has 0 spiro atoms. The molecule has 0 saturated heterocycles. The fraction of sp³-hybridized carbons (Fsp3) is 0.562. The first-order valence-corrected chi connectivity index (χ1v) is 8.22. The second-order valence-corrected chi connectivity index (χ2v) is 6.76. The Bertz CT molecular complexity index is 501. The molecule has 0 aliphatic heterocycles. The fourth-order valence-corrected chi connectivity index (χ4v) is 3.98. The molecule has 19 heavy (non-hydrogen) atoms. The maximum Gasteiger partial charge on any atom is 0.0951 e. The second kappa shape index (κ2) is 6.02. The van der Waals surface area contributed by atoms with E-state index in [1.165, 1.54) is 35.4 Å². The third-order valence-corrected chi connectivity index (χ3v) is 5.29. The number of thiazole rings is 1. The van der Waals surface area contributed by atoms with Gasteiger partial charge in [0.1, 0.15) is 0 Å². The molecule has 1 aliphatic carbocycles. The van der Waals surface area contributed by atoms with Crippen LogP contribution < -0.4 is 5.32 Å². The number of hydrogen-bond acceptors (Lipinski definition) is 3. The van der Waals surface area contributed by atoms with E-state index in [4.69, 9.17) is 4.98 Å². The smallest absolute Gasteiger partial charge is 0.0951 e. The van der Waals surface area contributed by atoms with Gasteiger partial charge >= 0.3 is 0 Å². The van der Waals surface area contributed by atoms with Crippen molar-refractivity contribution in [3.8, 4) is 0 Å². The van der Waals surface area contributed by atoms with Crippen LogP contribution in [0.3, 0.4) is 0 Å². The number of fused-ring (bicyclic) bond motifs is 1. The molecule has 1 fully saturated rings. The van der Waals surface area contributed by atoms with E-state index >= 15 is 0 Å². The third kappa shape index (κ3) is 3.15. The maximum atomic E-state index is 4.69. The van der Waals surface area contributed by atoms with Crippen LogP contribution >= 0.6 is 11.3 Å². The zero-order chi connectivity index (χ0) is 13.1. The van der Waals surface area contributed by atoms with Gasteiger partial charge in [-0.2, -0.15) is 0 Å². The molecule has 2 aromatic rings. The number of para-hydroxylation sites is 1. The molecule has 102 valence electrons. The maximum absolute atomic E-state index is 4.69. The summed E-state index contributed by atoms with van der Waals surface area (Å²) in [6, 6.07) is 9.14. The van der Waals surface area contributed by atoms with Gasteiger partial charge in [-0.25, -0.2) is 4.98 Å². The number of benzene rings is 1. The third-order valence-electron chi connectivity index (χ3n) is 4.20. The van der Waals surface area contributed by atoms with Crippen molar-refractivity contribution >= 4 is 21.6 Å². The lowest BCUT2D eigenvalue weighted by molar-refractivity contribution is 0.282. The zero-order valence-corrected chi connectivity index (χ0v) is 12.4. The van der Waals surface area contributed by atoms with Crippen molar-refractivity contribution in [1.29, 1.82) is 0 Å². The van der Waals surface area contributed by atoms with Crippen LogP contribution in [-0.4, -0.2) is 17.6 Å². The summed E-state index contributed by atoms with van der Waals surface area (Å²) in [5.41, 5.74) is 1.15. The summed E-state index contributed by atoms with van der Waals surface area (Å²) in [5.74, 6) is 0.837. The molecule has 1 saturated carbocycles. The van der Waals surface area contributed by atoms with Gasteiger partial charge in [0, 0.05) is 19.0 Å². The van der Waals surface area contributed by atoms with Crippen molar-refractivity contribution in [2.45, 2.75) is 45.1 Å². The summed E-state index contributed by atoms with van der Waals surface area (Å²) in [4.78, 5) is 4.69. The van der Waals surface area contributed by atoms with Gasteiger partial charge in [0.25, 0.3) is 0 Å². The topological polar surface area (TPSA) is 24.9 Å². The van der Waals surface area contributed by atoms with E-state index in [9.17, 15) is 0 Å². The average molecular weight is 274 g/mol. The van der Waals surface area contributed by atoms with Crippen molar-refractivity contribution in [3.63, 3.8) is 0 Å². The molecule has 3 heteroatoms. The lowest BCUT2D eigenvalue weighted by Gasteiger charge is -2.29. The van der Waals surface area contributed by atoms with E-state index in [0.29, 0.717) is 0 Å². The highest BCUT2D eigenvalue weighted by Gasteiger charge is 2.20. The highest BCUT2D eigenvalue weighted by atomic mass is 32.1. The first kappa shape index (κ1) is 13.1. The second-order valence-electron chi connectivity index (χ2n) is 5.65. The molecule has 0 amide bonds. The predicted molar refractivity (Wildman–Crippen MR) is 82.7 cm³/mol. The minimum Gasteiger partial charge on any atom is -0.313 e. The van der Waals surface area contributed by atoms with Crippen molar-refractivity contribution in [2.24, 2.45) is 5.92 Å². The molecule has 3 rings (SSSR count). The largest absolute Gasteiger partial charge is 0.313 e. The Hall–Kier alpha value is -0.930. The first-order valence-electron chi connectivity index (χ1n) is 7.41. The van der Waals surface area contributed by atoms with Gasteiger partial charge in [-0.15, -0.1) is 11.3 Å². The molecule has 1 aromatic heterocycles. The molecule has 1 N–H and O–H groups in total. The molecule has 2 atom stereocenters. The molecule has 2 nitrogen and oxygen atoms in total. The fourth-order valence-electron chi connectivity index (χ4n) is 3.01. The van der Waals surface area contributed by atoms with E-state index in [1.807, 2.05) is 11.3 Å². The summed E-state index contributed by atoms with van der Waals surface area (Å²) in [5, 5.41) is 4.99. The minimum atomic E-state index is 0.725. The Morgan fingerprint density at radius 2 is 2.11 bits per heavy atom. The molecule has 1 aliphatic rings. The van der Waals surface area contributed by atoms with Crippen molar-refractivity contribution in [3.05, 3.63) is 29.3 Å². The van der Waals surface area contributed by atoms with Gasteiger partial charge in [0.2, 0.25) is 0 Å². The van der Waals surface area contributed by atoms with E-state index in [-0.39, 0.29) is 0 Å². The quantitative estimate of drug-likeness (QED) is 0.911. The van der Waals surface area contributed by atoms with Gasteiger partial charge in [-0.3, -0.25) is 0 Å². The number of hydrogen-bond donors (Lipinski definition) is 1. The Kier molecular flexibility index (Phi) is 4.14. The van der Waals surface area contributed by atoms with Crippen LogP contribution in [0.25, 0.3) is 10.2 Å². The molecule has 0 radical (unpaired) electrons. The molecular formula is C16H22N2S. The number of nitrogens with one attached hydrogen (secondary N) is 1. The van der Waals surface area contributed by atoms with Gasteiger partial charge in [0.15, 0.2) is 0 Å². The van der Waals surface area contributed by atoms with Crippen LogP contribution in [0.2, 0.25) is 0 Å². The van der Waals surface area contributed by atoms with Crippen LogP contribution in [0.1, 0.15) is 37.6 Å². The highest BCUT2D eigenvalue weighted by Crippen LogP contribution is 2.24. The number of aromatic nitrogens is 1. The predicted octanol–water partition coefficient (Wildman–Crippen LogP) is 4.01. The Morgan fingerprint density at radius 3 is 2.95 bits per heavy atom.